The van der Waals surface area contributed by atoms with Gasteiger partial charge in [-0.05, 0) is 29.2 Å². The Morgan fingerprint density at radius 3 is 2.34 bits per heavy atom. The Morgan fingerprint density at radius 1 is 1.09 bits per heavy atom. The van der Waals surface area contributed by atoms with Gasteiger partial charge in [-0.3, -0.25) is 4.79 Å². The Bertz CT molecular complexity index is 1150. The number of anilines is 1. The average molecular weight is 458 g/mol. The van der Waals surface area contributed by atoms with Gasteiger partial charge in [0.1, 0.15) is 16.4 Å². The van der Waals surface area contributed by atoms with Gasteiger partial charge in [-0.2, -0.15) is 4.80 Å². The first-order valence-electron chi connectivity index (χ1n) is 9.73. The van der Waals surface area contributed by atoms with Gasteiger partial charge in [-0.25, -0.2) is 9.59 Å². The maximum absolute atomic E-state index is 12.6. The van der Waals surface area contributed by atoms with Crippen molar-refractivity contribution in [2.24, 2.45) is 0 Å². The monoisotopic (exact) mass is 457 g/mol. The van der Waals surface area contributed by atoms with E-state index >= 15 is 0 Å². The van der Waals surface area contributed by atoms with E-state index in [-0.39, 0.29) is 22.0 Å². The summed E-state index contributed by atoms with van der Waals surface area (Å²) in [5.41, 5.74) is 2.45. The summed E-state index contributed by atoms with van der Waals surface area (Å²) in [6.07, 6.45) is 0. The molecule has 11 heteroatoms. The molecule has 2 heterocycles. The third-order valence-electron chi connectivity index (χ3n) is 4.73. The van der Waals surface area contributed by atoms with Crippen LogP contribution in [-0.2, 0) is 20.8 Å². The number of benzene rings is 1. The van der Waals surface area contributed by atoms with Crippen LogP contribution in [0.15, 0.2) is 24.3 Å². The molecule has 3 aromatic rings. The standard InChI is InChI=1S/C21H23N5O5S/c1-11(2)13-6-8-14(9-7-13)18-23-25-26(24-18)10-15(27)22-19-16(20(28)30-4)12(3)17(32-19)21(29)31-5/h6-9,11H,10H2,1-5H3,(H,22,27). The lowest BCUT2D eigenvalue weighted by molar-refractivity contribution is -0.117. The zero-order valence-corrected chi connectivity index (χ0v) is 19.1. The Morgan fingerprint density at radius 2 is 1.75 bits per heavy atom. The van der Waals surface area contributed by atoms with E-state index in [9.17, 15) is 14.4 Å². The number of esters is 2. The van der Waals surface area contributed by atoms with Crippen molar-refractivity contribution in [1.82, 2.24) is 20.2 Å². The van der Waals surface area contributed by atoms with Crippen LogP contribution in [0.5, 0.6) is 0 Å². The summed E-state index contributed by atoms with van der Waals surface area (Å²) < 4.78 is 9.52. The molecule has 0 aliphatic rings. The summed E-state index contributed by atoms with van der Waals surface area (Å²) in [5, 5.41) is 15.0. The van der Waals surface area contributed by atoms with Crippen molar-refractivity contribution in [2.45, 2.75) is 33.2 Å². The number of rotatable bonds is 7. The van der Waals surface area contributed by atoms with E-state index in [1.165, 1.54) is 19.8 Å². The molecule has 0 fully saturated rings. The SMILES string of the molecule is COC(=O)c1sc(NC(=O)Cn2nnc(-c3ccc(C(C)C)cc3)n2)c(C(=O)OC)c1C. The fourth-order valence-electron chi connectivity index (χ4n) is 2.97. The fourth-order valence-corrected chi connectivity index (χ4v) is 4.10. The van der Waals surface area contributed by atoms with Crippen molar-refractivity contribution in [1.29, 1.82) is 0 Å². The highest BCUT2D eigenvalue weighted by atomic mass is 32.1. The van der Waals surface area contributed by atoms with Gasteiger partial charge in [-0.1, -0.05) is 38.1 Å². The molecule has 0 atom stereocenters. The van der Waals surface area contributed by atoms with Crippen LogP contribution in [0.1, 0.15) is 50.9 Å². The molecule has 168 valence electrons. The molecule has 2 aromatic heterocycles. The second-order valence-electron chi connectivity index (χ2n) is 7.21. The van der Waals surface area contributed by atoms with E-state index in [0.717, 1.165) is 21.7 Å². The summed E-state index contributed by atoms with van der Waals surface area (Å²) in [7, 11) is 2.46. The van der Waals surface area contributed by atoms with Gasteiger partial charge < -0.3 is 14.8 Å². The predicted molar refractivity (Wildman–Crippen MR) is 118 cm³/mol. The summed E-state index contributed by atoms with van der Waals surface area (Å²) in [5.74, 6) is -0.971. The molecule has 1 N–H and O–H groups in total. The average Bonchev–Trinajstić information content (AvgIpc) is 3.37. The Labute approximate surface area is 188 Å². The van der Waals surface area contributed by atoms with Crippen molar-refractivity contribution in [3.63, 3.8) is 0 Å². The van der Waals surface area contributed by atoms with Crippen LogP contribution in [0.3, 0.4) is 0 Å². The van der Waals surface area contributed by atoms with E-state index in [1.807, 2.05) is 24.3 Å². The number of amides is 1. The lowest BCUT2D eigenvalue weighted by Crippen LogP contribution is -2.21. The molecule has 3 rings (SSSR count). The van der Waals surface area contributed by atoms with Crippen LogP contribution in [-0.4, -0.2) is 52.3 Å². The molecule has 0 saturated carbocycles. The maximum Gasteiger partial charge on any atom is 0.348 e. The minimum Gasteiger partial charge on any atom is -0.465 e. The highest BCUT2D eigenvalue weighted by molar-refractivity contribution is 7.18. The number of methoxy groups -OCH3 is 2. The number of thiophene rings is 1. The Hall–Kier alpha value is -3.60. The van der Waals surface area contributed by atoms with E-state index in [2.05, 4.69) is 34.6 Å². The number of hydrogen-bond donors (Lipinski definition) is 1. The number of carbonyl (C=O) groups is 3. The van der Waals surface area contributed by atoms with Crippen molar-refractivity contribution in [3.8, 4) is 11.4 Å². The van der Waals surface area contributed by atoms with Crippen LogP contribution in [0.25, 0.3) is 11.4 Å². The Balaban J connectivity index is 1.76. The van der Waals surface area contributed by atoms with E-state index < -0.39 is 17.8 Å². The van der Waals surface area contributed by atoms with Crippen LogP contribution in [0, 0.1) is 6.92 Å². The number of ether oxygens (including phenoxy) is 2. The van der Waals surface area contributed by atoms with Crippen LogP contribution in [0.4, 0.5) is 5.00 Å². The minimum atomic E-state index is -0.671. The van der Waals surface area contributed by atoms with Gasteiger partial charge in [0.25, 0.3) is 0 Å². The third kappa shape index (κ3) is 4.83. The quantitative estimate of drug-likeness (QED) is 0.537. The van der Waals surface area contributed by atoms with Crippen LogP contribution < -0.4 is 5.32 Å². The molecule has 0 unspecified atom stereocenters. The zero-order chi connectivity index (χ0) is 23.4. The lowest BCUT2D eigenvalue weighted by Gasteiger charge is -2.05. The maximum atomic E-state index is 12.6. The topological polar surface area (TPSA) is 125 Å². The molecule has 10 nitrogen and oxygen atoms in total. The first-order chi connectivity index (χ1) is 15.2. The summed E-state index contributed by atoms with van der Waals surface area (Å²) in [6.45, 7) is 5.57. The molecule has 0 radical (unpaired) electrons. The highest BCUT2D eigenvalue weighted by Gasteiger charge is 2.27. The first kappa shape index (κ1) is 23.1. The molecule has 0 saturated heterocycles. The van der Waals surface area contributed by atoms with Crippen molar-refractivity contribution in [3.05, 3.63) is 45.8 Å². The molecule has 32 heavy (non-hydrogen) atoms. The zero-order valence-electron chi connectivity index (χ0n) is 18.3. The van der Waals surface area contributed by atoms with Gasteiger partial charge in [0.15, 0.2) is 0 Å². The molecular formula is C21H23N5O5S. The minimum absolute atomic E-state index is 0.101. The molecule has 1 amide bonds. The first-order valence-corrected chi connectivity index (χ1v) is 10.5. The van der Waals surface area contributed by atoms with Gasteiger partial charge in [0.05, 0.1) is 19.8 Å². The summed E-state index contributed by atoms with van der Waals surface area (Å²) in [4.78, 5) is 38.1. The molecule has 0 aliphatic carbocycles. The molecular weight excluding hydrogens is 434 g/mol. The second kappa shape index (κ2) is 9.69. The summed E-state index contributed by atoms with van der Waals surface area (Å²) >= 11 is 0.934. The van der Waals surface area contributed by atoms with E-state index in [0.29, 0.717) is 17.3 Å². The van der Waals surface area contributed by atoms with Crippen molar-refractivity contribution in [2.75, 3.05) is 19.5 Å². The summed E-state index contributed by atoms with van der Waals surface area (Å²) in [6, 6.07) is 7.81. The number of hydrogen-bond acceptors (Lipinski definition) is 9. The molecule has 0 spiro atoms. The van der Waals surface area contributed by atoms with Crippen LogP contribution in [0.2, 0.25) is 0 Å². The number of carbonyl (C=O) groups excluding carboxylic acids is 3. The number of nitrogens with zero attached hydrogens (tertiary/aromatic N) is 4. The van der Waals surface area contributed by atoms with Gasteiger partial charge in [0.2, 0.25) is 11.7 Å². The Kier molecular flexibility index (Phi) is 6.98. The second-order valence-corrected chi connectivity index (χ2v) is 8.23. The van der Waals surface area contributed by atoms with Gasteiger partial charge in [-0.15, -0.1) is 21.5 Å². The molecule has 0 bridgehead atoms. The smallest absolute Gasteiger partial charge is 0.348 e. The third-order valence-corrected chi connectivity index (χ3v) is 5.92. The highest BCUT2D eigenvalue weighted by Crippen LogP contribution is 2.34. The largest absolute Gasteiger partial charge is 0.465 e. The normalized spacial score (nSPS) is 10.8. The number of aromatic nitrogens is 4. The van der Waals surface area contributed by atoms with E-state index in [4.69, 9.17) is 9.47 Å². The van der Waals surface area contributed by atoms with Crippen LogP contribution >= 0.6 is 11.3 Å². The molecule has 1 aromatic carbocycles. The lowest BCUT2D eigenvalue weighted by atomic mass is 10.0. The number of nitrogens with one attached hydrogen (secondary N) is 1. The van der Waals surface area contributed by atoms with Gasteiger partial charge >= 0.3 is 11.9 Å². The molecule has 0 aliphatic heterocycles. The van der Waals surface area contributed by atoms with Gasteiger partial charge in [0, 0.05) is 5.56 Å². The predicted octanol–water partition coefficient (Wildman–Crippen LogP) is 3.05. The fraction of sp³-hybridized carbons (Fsp3) is 0.333. The van der Waals surface area contributed by atoms with Crippen molar-refractivity contribution >= 4 is 34.2 Å². The number of tetrazole rings is 1. The van der Waals surface area contributed by atoms with E-state index in [1.54, 1.807) is 6.92 Å². The van der Waals surface area contributed by atoms with Crippen molar-refractivity contribution < 1.29 is 23.9 Å².